The van der Waals surface area contributed by atoms with E-state index in [9.17, 15) is 0 Å². The summed E-state index contributed by atoms with van der Waals surface area (Å²) in [7, 11) is 0. The molecule has 6 heterocycles. The lowest BCUT2D eigenvalue weighted by atomic mass is 9.66. The van der Waals surface area contributed by atoms with Crippen molar-refractivity contribution in [2.75, 3.05) is 0 Å². The molecule has 0 atom stereocenters. The van der Waals surface area contributed by atoms with Gasteiger partial charge in [0.1, 0.15) is 0 Å². The highest BCUT2D eigenvalue weighted by atomic mass is 32.2. The first-order valence-electron chi connectivity index (χ1n) is 50.3. The fourth-order valence-electron chi connectivity index (χ4n) is 24.0. The highest BCUT2D eigenvalue weighted by molar-refractivity contribution is 8.00. The summed E-state index contributed by atoms with van der Waals surface area (Å²) >= 11 is 5.60. The molecule has 0 saturated carbocycles. The summed E-state index contributed by atoms with van der Waals surface area (Å²) < 4.78 is 0. The number of benzene rings is 21. The van der Waals surface area contributed by atoms with Gasteiger partial charge in [0, 0.05) is 79.3 Å². The molecular weight excluding hydrogens is 1850 g/mol. The molecule has 0 bridgehead atoms. The molecule has 3 aromatic heterocycles. The van der Waals surface area contributed by atoms with Crippen LogP contribution in [-0.4, -0.2) is 29.9 Å². The third-order valence-electron chi connectivity index (χ3n) is 30.3. The fraction of sp³-hybridized carbons (Fsp3) is 0.0216. The van der Waals surface area contributed by atoms with Gasteiger partial charge in [-0.25, -0.2) is 29.9 Å². The second kappa shape index (κ2) is 36.5. The molecule has 0 unspecified atom stereocenters. The van der Waals surface area contributed by atoms with E-state index in [4.69, 9.17) is 29.9 Å². The third kappa shape index (κ3) is 14.3. The lowest BCUT2D eigenvalue weighted by molar-refractivity contribution is 0.723. The van der Waals surface area contributed by atoms with Crippen LogP contribution in [0, 0.1) is 0 Å². The van der Waals surface area contributed by atoms with Crippen molar-refractivity contribution in [3.63, 3.8) is 0 Å². The smallest absolute Gasteiger partial charge is 0.160 e. The average molecular weight is 1940 g/mol. The molecule has 24 aromatic rings. The molecule has 0 N–H and O–H groups in total. The topological polar surface area (TPSA) is 77.3 Å². The Balaban J connectivity index is 0.000000107. The molecule has 692 valence electrons. The molecule has 0 fully saturated rings. The van der Waals surface area contributed by atoms with Gasteiger partial charge in [-0.1, -0.05) is 515 Å². The molecule has 21 aromatic carbocycles. The highest BCUT2D eigenvalue weighted by Gasteiger charge is 2.55. The Hall–Kier alpha value is -17.8. The van der Waals surface area contributed by atoms with Crippen molar-refractivity contribution in [1.29, 1.82) is 0 Å². The SMILES string of the molecule is c1ccc(-c2ccc(-c3cc(-c4ccccc4)nc(-c4cccc5c4C4(c6ccccc6Sc6ccccc64)c4ccccc4-5)n3)cc2)cc1.c1ccc(-c2ccc(-c3nc(-c4cccc5c4C4(c6ccccc6Sc6ccccc64)c4ccccc4-5)c4ccccc4n3)cc2)cc1.c1ccc(-c2ccc(-c3nc(-c4ccccc4)cc(-c4cccc5c4C4(c6ccccc6Sc6ccccc64)c4ccccc4-5)n3)cc2)cc1. The summed E-state index contributed by atoms with van der Waals surface area (Å²) in [5.41, 5.74) is 42.8. The third-order valence-corrected chi connectivity index (χ3v) is 33.8. The molecule has 0 radical (unpaired) electrons. The van der Waals surface area contributed by atoms with E-state index in [1.165, 1.54) is 163 Å². The van der Waals surface area contributed by atoms with E-state index in [2.05, 4.69) is 534 Å². The summed E-state index contributed by atoms with van der Waals surface area (Å²) in [5.74, 6) is 2.17. The monoisotopic (exact) mass is 1940 g/mol. The van der Waals surface area contributed by atoms with Crippen LogP contribution in [0.3, 0.4) is 0 Å². The molecule has 3 aliphatic heterocycles. The van der Waals surface area contributed by atoms with E-state index < -0.39 is 16.2 Å². The summed E-state index contributed by atoms with van der Waals surface area (Å²) in [6.45, 7) is 0. The van der Waals surface area contributed by atoms with E-state index in [-0.39, 0.29) is 0 Å². The highest BCUT2D eigenvalue weighted by Crippen LogP contribution is 2.68. The lowest BCUT2D eigenvalue weighted by Crippen LogP contribution is -2.32. The van der Waals surface area contributed by atoms with E-state index >= 15 is 0 Å². The normalized spacial score (nSPS) is 13.4. The Morgan fingerprint density at radius 3 is 0.757 bits per heavy atom. The number of para-hydroxylation sites is 1. The first-order chi connectivity index (χ1) is 73.4. The maximum atomic E-state index is 5.46. The van der Waals surface area contributed by atoms with Gasteiger partial charge >= 0.3 is 0 Å². The predicted molar refractivity (Wildman–Crippen MR) is 608 cm³/mol. The van der Waals surface area contributed by atoms with Crippen LogP contribution in [0.2, 0.25) is 0 Å². The van der Waals surface area contributed by atoms with E-state index in [1.54, 1.807) is 0 Å². The average Bonchev–Trinajstić information content (AvgIpc) is 1.51. The van der Waals surface area contributed by atoms with Crippen molar-refractivity contribution >= 4 is 46.2 Å². The molecule has 6 nitrogen and oxygen atoms in total. The Kier molecular flexibility index (Phi) is 21.7. The van der Waals surface area contributed by atoms with Gasteiger partial charge in [-0.05, 0) is 188 Å². The van der Waals surface area contributed by atoms with Crippen molar-refractivity contribution in [3.8, 4) is 157 Å². The molecule has 6 aliphatic rings. The van der Waals surface area contributed by atoms with Crippen LogP contribution in [0.4, 0.5) is 0 Å². The van der Waals surface area contributed by atoms with Crippen molar-refractivity contribution in [1.82, 2.24) is 29.9 Å². The predicted octanol–water partition coefficient (Wildman–Crippen LogP) is 35.4. The quantitative estimate of drug-likeness (QED) is 0.126. The minimum Gasteiger partial charge on any atom is -0.228 e. The van der Waals surface area contributed by atoms with Gasteiger partial charge in [-0.15, -0.1) is 0 Å². The van der Waals surface area contributed by atoms with Crippen LogP contribution >= 0.6 is 35.3 Å². The maximum absolute atomic E-state index is 5.46. The minimum atomic E-state index is -0.523. The van der Waals surface area contributed by atoms with Crippen molar-refractivity contribution < 1.29 is 0 Å². The Morgan fingerprint density at radius 2 is 0.378 bits per heavy atom. The summed E-state index contributed by atoms with van der Waals surface area (Å²) in [6, 6.07) is 192. The second-order valence-electron chi connectivity index (χ2n) is 38.3. The zero-order valence-corrected chi connectivity index (χ0v) is 82.7. The van der Waals surface area contributed by atoms with Gasteiger partial charge in [-0.3, -0.25) is 0 Å². The number of hydrogen-bond acceptors (Lipinski definition) is 9. The van der Waals surface area contributed by atoms with Crippen LogP contribution in [0.25, 0.3) is 168 Å². The number of hydrogen-bond donors (Lipinski definition) is 0. The molecule has 30 rings (SSSR count). The number of rotatable bonds is 11. The molecule has 0 saturated heterocycles. The molecule has 0 amide bonds. The molecule has 148 heavy (non-hydrogen) atoms. The summed E-state index contributed by atoms with van der Waals surface area (Å²) in [4.78, 5) is 39.7. The first kappa shape index (κ1) is 87.9. The Bertz CT molecular complexity index is 8870. The van der Waals surface area contributed by atoms with Crippen LogP contribution < -0.4 is 0 Å². The van der Waals surface area contributed by atoms with Crippen LogP contribution in [0.1, 0.15) is 66.8 Å². The van der Waals surface area contributed by atoms with Crippen LogP contribution in [-0.2, 0) is 16.2 Å². The molecular formula is C139H88N6S3. The van der Waals surface area contributed by atoms with Crippen molar-refractivity contribution in [3.05, 3.63) is 601 Å². The lowest BCUT2D eigenvalue weighted by Gasteiger charge is -2.40. The van der Waals surface area contributed by atoms with Gasteiger partial charge in [0.25, 0.3) is 0 Å². The van der Waals surface area contributed by atoms with Crippen molar-refractivity contribution in [2.24, 2.45) is 0 Å². The van der Waals surface area contributed by atoms with Gasteiger partial charge < -0.3 is 0 Å². The zero-order valence-electron chi connectivity index (χ0n) is 80.2. The zero-order chi connectivity index (χ0) is 97.8. The van der Waals surface area contributed by atoms with Gasteiger partial charge in [-0.2, -0.15) is 0 Å². The van der Waals surface area contributed by atoms with E-state index in [1.807, 2.05) is 35.3 Å². The number of nitrogens with zero attached hydrogens (tertiary/aromatic N) is 6. The van der Waals surface area contributed by atoms with Gasteiger partial charge in [0.05, 0.1) is 50.2 Å². The maximum Gasteiger partial charge on any atom is 0.160 e. The first-order valence-corrected chi connectivity index (χ1v) is 52.8. The largest absolute Gasteiger partial charge is 0.228 e. The number of aromatic nitrogens is 6. The van der Waals surface area contributed by atoms with Crippen LogP contribution in [0.15, 0.2) is 563 Å². The number of fused-ring (bicyclic) bond motifs is 28. The van der Waals surface area contributed by atoms with Crippen LogP contribution in [0.5, 0.6) is 0 Å². The Morgan fingerprint density at radius 1 is 0.142 bits per heavy atom. The Labute approximate surface area is 872 Å². The molecule has 3 spiro atoms. The van der Waals surface area contributed by atoms with Gasteiger partial charge in [0.15, 0.2) is 17.5 Å². The minimum absolute atomic E-state index is 0.496. The fourth-order valence-corrected chi connectivity index (χ4v) is 27.6. The standard InChI is InChI=1S/2C47H30N2S.C45H28N2S/c1-3-14-31(15-4-1)32-26-28-34(29-27-32)46-48-41(33-16-5-2-6-17-33)30-42(49-46)37-20-13-19-36-35-18-7-8-21-38(35)47(45(36)37)39-22-9-11-24-43(39)50-44-25-12-10-23-40(44)47;1-3-14-31(15-4-1)32-26-28-34(29-27-32)42-30-41(33-16-5-2-6-17-33)48-46(49-42)37-20-13-19-36-35-18-7-8-21-38(35)47(45(36)37)39-22-9-11-24-43(39)50-44-25-12-10-23-40(44)47;1-2-13-29(14-3-1)30-25-27-31(28-26-30)44-46-39-22-9-5-16-34(39)43(47-44)35-18-12-17-33-32-15-4-6-19-36(32)45(42(33)35)37-20-7-10-23-40(37)48-41-24-11-8-21-38(41)45/h2*1-30H;1-28H. The molecule has 9 heteroatoms. The molecule has 3 aliphatic carbocycles. The second-order valence-corrected chi connectivity index (χ2v) is 41.5. The van der Waals surface area contributed by atoms with E-state index in [0.29, 0.717) is 5.82 Å². The summed E-state index contributed by atoms with van der Waals surface area (Å²) in [6.07, 6.45) is 0. The van der Waals surface area contributed by atoms with Crippen molar-refractivity contribution in [2.45, 2.75) is 45.6 Å². The summed E-state index contributed by atoms with van der Waals surface area (Å²) in [5, 5.41) is 1.05. The van der Waals surface area contributed by atoms with Gasteiger partial charge in [0.2, 0.25) is 0 Å². The van der Waals surface area contributed by atoms with E-state index in [0.717, 1.165) is 95.5 Å².